The lowest BCUT2D eigenvalue weighted by Gasteiger charge is -2.12. The molecule has 0 aliphatic heterocycles. The Bertz CT molecular complexity index is 571. The highest BCUT2D eigenvalue weighted by Crippen LogP contribution is 2.29. The van der Waals surface area contributed by atoms with Crippen molar-refractivity contribution in [3.8, 4) is 0 Å². The number of rotatable bonds is 7. The Morgan fingerprint density at radius 3 is 2.48 bits per heavy atom. The quantitative estimate of drug-likeness (QED) is 0.624. The average Bonchev–Trinajstić information content (AvgIpc) is 2.50. The van der Waals surface area contributed by atoms with E-state index in [2.05, 4.69) is 39.1 Å². The molecule has 2 aromatic heterocycles. The van der Waals surface area contributed by atoms with E-state index in [1.54, 1.807) is 6.33 Å². The smallest absolute Gasteiger partial charge is 0.193 e. The van der Waals surface area contributed by atoms with Crippen molar-refractivity contribution in [3.63, 3.8) is 0 Å². The van der Waals surface area contributed by atoms with Crippen LogP contribution in [-0.2, 0) is 6.42 Å². The van der Waals surface area contributed by atoms with Gasteiger partial charge in [0.1, 0.15) is 17.2 Å². The zero-order chi connectivity index (χ0) is 15.1. The third kappa shape index (κ3) is 4.39. The van der Waals surface area contributed by atoms with Crippen LogP contribution in [0.3, 0.4) is 0 Å². The van der Waals surface area contributed by atoms with Crippen molar-refractivity contribution < 1.29 is 0 Å². The van der Waals surface area contributed by atoms with Crippen molar-refractivity contribution in [2.75, 3.05) is 11.9 Å². The minimum Gasteiger partial charge on any atom is -0.370 e. The van der Waals surface area contributed by atoms with Crippen LogP contribution >= 0.6 is 11.8 Å². The van der Waals surface area contributed by atoms with E-state index in [0.29, 0.717) is 0 Å². The van der Waals surface area contributed by atoms with Crippen LogP contribution in [-0.4, -0.2) is 26.5 Å². The summed E-state index contributed by atoms with van der Waals surface area (Å²) in [7, 11) is 0. The predicted molar refractivity (Wildman–Crippen MR) is 85.7 cm³/mol. The van der Waals surface area contributed by atoms with Gasteiger partial charge < -0.3 is 5.32 Å². The van der Waals surface area contributed by atoms with E-state index < -0.39 is 0 Å². The predicted octanol–water partition coefficient (Wildman–Crippen LogP) is 3.50. The molecule has 5 nitrogen and oxygen atoms in total. The van der Waals surface area contributed by atoms with Gasteiger partial charge in [-0.05, 0) is 37.1 Å². The summed E-state index contributed by atoms with van der Waals surface area (Å²) in [4.78, 5) is 17.5. The van der Waals surface area contributed by atoms with Gasteiger partial charge in [-0.15, -0.1) is 0 Å². The Labute approximate surface area is 130 Å². The molecule has 0 atom stereocenters. The molecule has 0 saturated carbocycles. The van der Waals surface area contributed by atoms with E-state index in [0.717, 1.165) is 52.9 Å². The summed E-state index contributed by atoms with van der Waals surface area (Å²) in [5.41, 5.74) is 2.21. The molecule has 0 fully saturated rings. The molecule has 0 unspecified atom stereocenters. The molecule has 0 aromatic carbocycles. The van der Waals surface area contributed by atoms with Crippen molar-refractivity contribution in [3.05, 3.63) is 29.8 Å². The van der Waals surface area contributed by atoms with Crippen molar-refractivity contribution in [2.45, 2.75) is 50.2 Å². The molecule has 0 bridgehead atoms. The highest BCUT2D eigenvalue weighted by Gasteiger charge is 2.13. The number of nitrogens with one attached hydrogen (secondary N) is 1. The first-order valence-corrected chi connectivity index (χ1v) is 8.10. The maximum absolute atomic E-state index is 4.42. The normalized spacial score (nSPS) is 10.6. The number of nitrogens with zero attached hydrogens (tertiary/aromatic N) is 4. The van der Waals surface area contributed by atoms with Gasteiger partial charge in [-0.2, -0.15) is 0 Å². The maximum Gasteiger partial charge on any atom is 0.193 e. The topological polar surface area (TPSA) is 63.6 Å². The minimum atomic E-state index is 0.720. The molecule has 21 heavy (non-hydrogen) atoms. The second kappa shape index (κ2) is 7.93. The minimum absolute atomic E-state index is 0.720. The van der Waals surface area contributed by atoms with E-state index in [-0.39, 0.29) is 0 Å². The van der Waals surface area contributed by atoms with Gasteiger partial charge in [0.25, 0.3) is 0 Å². The van der Waals surface area contributed by atoms with Crippen LogP contribution in [0.25, 0.3) is 0 Å². The standard InChI is InChI=1S/C15H21N5S/c1-4-6-12-13(16-7-5-2)19-10-20-14(12)21-15-17-8-11(3)9-18-15/h8-10H,4-7H2,1-3H3,(H,16,19,20). The number of anilines is 1. The van der Waals surface area contributed by atoms with Crippen LogP contribution < -0.4 is 5.32 Å². The van der Waals surface area contributed by atoms with Crippen LogP contribution in [0.2, 0.25) is 0 Å². The van der Waals surface area contributed by atoms with Gasteiger partial charge in [0.05, 0.1) is 0 Å². The summed E-state index contributed by atoms with van der Waals surface area (Å²) in [6, 6.07) is 0. The SMILES string of the molecule is CCCNc1ncnc(Sc2ncc(C)cn2)c1CCC. The van der Waals surface area contributed by atoms with Crippen LogP contribution in [0.1, 0.15) is 37.8 Å². The molecule has 0 spiro atoms. The van der Waals surface area contributed by atoms with Gasteiger partial charge in [-0.1, -0.05) is 20.3 Å². The van der Waals surface area contributed by atoms with Gasteiger partial charge in [0.15, 0.2) is 5.16 Å². The second-order valence-corrected chi connectivity index (χ2v) is 5.78. The largest absolute Gasteiger partial charge is 0.370 e. The highest BCUT2D eigenvalue weighted by atomic mass is 32.2. The first-order chi connectivity index (χ1) is 10.2. The molecule has 0 radical (unpaired) electrons. The number of aromatic nitrogens is 4. The summed E-state index contributed by atoms with van der Waals surface area (Å²) < 4.78 is 0. The van der Waals surface area contributed by atoms with Crippen LogP contribution in [0.4, 0.5) is 5.82 Å². The Hall–Kier alpha value is -1.69. The van der Waals surface area contributed by atoms with Crippen molar-refractivity contribution in [1.82, 2.24) is 19.9 Å². The van der Waals surface area contributed by atoms with E-state index in [1.807, 2.05) is 19.3 Å². The molecule has 1 N–H and O–H groups in total. The Morgan fingerprint density at radius 1 is 1.05 bits per heavy atom. The molecule has 112 valence electrons. The van der Waals surface area contributed by atoms with Crippen LogP contribution in [0.15, 0.2) is 28.9 Å². The monoisotopic (exact) mass is 303 g/mol. The van der Waals surface area contributed by atoms with Crippen molar-refractivity contribution in [1.29, 1.82) is 0 Å². The lowest BCUT2D eigenvalue weighted by molar-refractivity contribution is 0.845. The second-order valence-electron chi connectivity index (χ2n) is 4.83. The van der Waals surface area contributed by atoms with Gasteiger partial charge in [-0.3, -0.25) is 0 Å². The zero-order valence-corrected chi connectivity index (χ0v) is 13.6. The molecule has 0 amide bonds. The lowest BCUT2D eigenvalue weighted by Crippen LogP contribution is -2.07. The number of aryl methyl sites for hydroxylation is 1. The summed E-state index contributed by atoms with van der Waals surface area (Å²) in [6.07, 6.45) is 8.32. The fourth-order valence-corrected chi connectivity index (χ4v) is 2.68. The summed E-state index contributed by atoms with van der Waals surface area (Å²) in [5.74, 6) is 0.934. The Kier molecular flexibility index (Phi) is 5.92. The van der Waals surface area contributed by atoms with E-state index >= 15 is 0 Å². The van der Waals surface area contributed by atoms with Crippen molar-refractivity contribution in [2.24, 2.45) is 0 Å². The zero-order valence-electron chi connectivity index (χ0n) is 12.8. The summed E-state index contributed by atoms with van der Waals surface area (Å²) in [5, 5.41) is 5.04. The molecule has 0 saturated heterocycles. The van der Waals surface area contributed by atoms with Crippen LogP contribution in [0.5, 0.6) is 0 Å². The first kappa shape index (κ1) is 15.7. The third-order valence-electron chi connectivity index (χ3n) is 2.89. The summed E-state index contributed by atoms with van der Waals surface area (Å²) in [6.45, 7) is 7.20. The highest BCUT2D eigenvalue weighted by molar-refractivity contribution is 7.99. The van der Waals surface area contributed by atoms with Gasteiger partial charge in [-0.25, -0.2) is 19.9 Å². The van der Waals surface area contributed by atoms with E-state index in [1.165, 1.54) is 11.8 Å². The first-order valence-electron chi connectivity index (χ1n) is 7.28. The third-order valence-corrected chi connectivity index (χ3v) is 3.83. The molecular formula is C15H21N5S. The molecule has 0 aliphatic carbocycles. The molecule has 0 aliphatic rings. The molecule has 2 heterocycles. The number of hydrogen-bond donors (Lipinski definition) is 1. The number of hydrogen-bond acceptors (Lipinski definition) is 6. The van der Waals surface area contributed by atoms with Gasteiger partial charge >= 0.3 is 0 Å². The fraction of sp³-hybridized carbons (Fsp3) is 0.467. The average molecular weight is 303 g/mol. The Morgan fingerprint density at radius 2 is 1.81 bits per heavy atom. The molecule has 2 rings (SSSR count). The maximum atomic E-state index is 4.42. The summed E-state index contributed by atoms with van der Waals surface area (Å²) >= 11 is 1.50. The molecule has 2 aromatic rings. The van der Waals surface area contributed by atoms with Gasteiger partial charge in [0.2, 0.25) is 0 Å². The fourth-order valence-electron chi connectivity index (χ4n) is 1.88. The molecular weight excluding hydrogens is 282 g/mol. The van der Waals surface area contributed by atoms with Crippen LogP contribution in [0, 0.1) is 6.92 Å². The van der Waals surface area contributed by atoms with E-state index in [4.69, 9.17) is 0 Å². The Balaban J connectivity index is 2.26. The molecule has 6 heteroatoms. The van der Waals surface area contributed by atoms with E-state index in [9.17, 15) is 0 Å². The van der Waals surface area contributed by atoms with Crippen molar-refractivity contribution >= 4 is 17.6 Å². The lowest BCUT2D eigenvalue weighted by atomic mass is 10.2. The van der Waals surface area contributed by atoms with Gasteiger partial charge in [0, 0.05) is 24.5 Å².